The molecule has 0 aliphatic carbocycles. The lowest BCUT2D eigenvalue weighted by Crippen LogP contribution is -2.24. The third-order valence-electron chi connectivity index (χ3n) is 3.23. The largest absolute Gasteiger partial charge is 0.493 e. The van der Waals surface area contributed by atoms with E-state index in [0.29, 0.717) is 12.4 Å². The summed E-state index contributed by atoms with van der Waals surface area (Å²) in [6.07, 6.45) is 2.50. The molecule has 0 saturated heterocycles. The third kappa shape index (κ3) is 5.43. The normalized spacial score (nSPS) is 10.6. The van der Waals surface area contributed by atoms with E-state index < -0.39 is 0 Å². The highest BCUT2D eigenvalue weighted by molar-refractivity contribution is 5.85. The number of nitrogens with one attached hydrogen (secondary N) is 1. The monoisotopic (exact) mass is 326 g/mol. The number of hydrogen-bond donors (Lipinski definition) is 1. The van der Waals surface area contributed by atoms with Gasteiger partial charge in [-0.2, -0.15) is 5.10 Å². The van der Waals surface area contributed by atoms with E-state index in [9.17, 15) is 4.79 Å². The van der Waals surface area contributed by atoms with E-state index in [0.717, 1.165) is 23.3 Å². The molecule has 0 atom stereocenters. The minimum atomic E-state index is -0.318. The number of benzene rings is 2. The highest BCUT2D eigenvalue weighted by Crippen LogP contribution is 2.16. The number of carbonyl (C=O) groups excluding carboxylic acids is 1. The number of para-hydroxylation sites is 2. The number of ether oxygens (including phenoxy) is 2. The molecule has 2 aromatic rings. The highest BCUT2D eigenvalue weighted by atomic mass is 16.5. The Morgan fingerprint density at radius 1 is 1.08 bits per heavy atom. The predicted molar refractivity (Wildman–Crippen MR) is 94.6 cm³/mol. The summed E-state index contributed by atoms with van der Waals surface area (Å²) in [5.41, 5.74) is 4.25. The van der Waals surface area contributed by atoms with Crippen LogP contribution < -0.4 is 14.9 Å². The van der Waals surface area contributed by atoms with Crippen LogP contribution in [0.15, 0.2) is 53.6 Å². The number of hydrazone groups is 1. The molecule has 1 amide bonds. The third-order valence-corrected chi connectivity index (χ3v) is 3.23. The molecule has 0 unspecified atom stereocenters. The second kappa shape index (κ2) is 9.35. The Balaban J connectivity index is 1.85. The molecule has 2 aromatic carbocycles. The van der Waals surface area contributed by atoms with Crippen LogP contribution in [0.5, 0.6) is 11.5 Å². The van der Waals surface area contributed by atoms with Gasteiger partial charge < -0.3 is 9.47 Å². The fourth-order valence-electron chi connectivity index (χ4n) is 2.00. The zero-order valence-corrected chi connectivity index (χ0v) is 14.0. The van der Waals surface area contributed by atoms with Crippen LogP contribution in [0.25, 0.3) is 0 Å². The van der Waals surface area contributed by atoms with E-state index >= 15 is 0 Å². The van der Waals surface area contributed by atoms with Gasteiger partial charge in [-0.25, -0.2) is 5.43 Å². The Labute approximate surface area is 142 Å². The van der Waals surface area contributed by atoms with Crippen molar-refractivity contribution in [2.24, 2.45) is 5.10 Å². The van der Waals surface area contributed by atoms with Gasteiger partial charge in [-0.3, -0.25) is 4.79 Å². The van der Waals surface area contributed by atoms with Crippen molar-refractivity contribution in [1.29, 1.82) is 0 Å². The maximum absolute atomic E-state index is 11.8. The first-order valence-corrected chi connectivity index (χ1v) is 7.93. The Bertz CT molecular complexity index is 699. The van der Waals surface area contributed by atoms with Crippen LogP contribution in [0.2, 0.25) is 0 Å². The molecule has 24 heavy (non-hydrogen) atoms. The van der Waals surface area contributed by atoms with Crippen LogP contribution in [0.3, 0.4) is 0 Å². The summed E-state index contributed by atoms with van der Waals surface area (Å²) in [5.74, 6) is 1.12. The van der Waals surface area contributed by atoms with E-state index in [4.69, 9.17) is 9.47 Å². The first-order chi connectivity index (χ1) is 11.7. The van der Waals surface area contributed by atoms with E-state index in [1.807, 2.05) is 62.4 Å². The second-order valence-corrected chi connectivity index (χ2v) is 5.23. The van der Waals surface area contributed by atoms with Crippen LogP contribution in [0.4, 0.5) is 0 Å². The van der Waals surface area contributed by atoms with Crippen molar-refractivity contribution in [2.45, 2.75) is 20.3 Å². The molecule has 0 spiro atoms. The van der Waals surface area contributed by atoms with Gasteiger partial charge in [0.05, 0.1) is 12.8 Å². The molecule has 0 aliphatic heterocycles. The van der Waals surface area contributed by atoms with Crippen LogP contribution in [0, 0.1) is 6.92 Å². The minimum absolute atomic E-state index is 0.0871. The quantitative estimate of drug-likeness (QED) is 0.598. The van der Waals surface area contributed by atoms with E-state index in [1.165, 1.54) is 0 Å². The molecular formula is C19H22N2O3. The number of amides is 1. The standard InChI is InChI=1S/C19H22N2O3/c1-3-12-23-18-11-7-5-9-16(18)13-20-21-19(22)14-24-17-10-6-4-8-15(17)2/h4-11,13H,3,12,14H2,1-2H3,(H,21,22). The Morgan fingerprint density at radius 2 is 1.79 bits per heavy atom. The molecule has 0 fully saturated rings. The van der Waals surface area contributed by atoms with Gasteiger partial charge in [-0.1, -0.05) is 37.3 Å². The molecular weight excluding hydrogens is 304 g/mol. The minimum Gasteiger partial charge on any atom is -0.493 e. The van der Waals surface area contributed by atoms with Crippen molar-refractivity contribution >= 4 is 12.1 Å². The molecule has 126 valence electrons. The molecule has 0 bridgehead atoms. The van der Waals surface area contributed by atoms with Gasteiger partial charge in [0.1, 0.15) is 11.5 Å². The fraction of sp³-hybridized carbons (Fsp3) is 0.263. The summed E-state index contributed by atoms with van der Waals surface area (Å²) in [5, 5.41) is 3.96. The van der Waals surface area contributed by atoms with Crippen molar-refractivity contribution in [1.82, 2.24) is 5.43 Å². The number of nitrogens with zero attached hydrogens (tertiary/aromatic N) is 1. The van der Waals surface area contributed by atoms with E-state index in [2.05, 4.69) is 10.5 Å². The van der Waals surface area contributed by atoms with Gasteiger partial charge in [-0.15, -0.1) is 0 Å². The zero-order chi connectivity index (χ0) is 17.2. The summed E-state index contributed by atoms with van der Waals surface area (Å²) in [6, 6.07) is 15.1. The van der Waals surface area contributed by atoms with E-state index in [1.54, 1.807) is 6.21 Å². The van der Waals surface area contributed by atoms with E-state index in [-0.39, 0.29) is 12.5 Å². The SMILES string of the molecule is CCCOc1ccccc1C=NNC(=O)COc1ccccc1C. The average molecular weight is 326 g/mol. The molecule has 0 aliphatic rings. The summed E-state index contributed by atoms with van der Waals surface area (Å²) < 4.78 is 11.1. The van der Waals surface area contributed by atoms with Gasteiger partial charge in [0.25, 0.3) is 5.91 Å². The van der Waals surface area contributed by atoms with Crippen LogP contribution in [-0.2, 0) is 4.79 Å². The molecule has 0 radical (unpaired) electrons. The smallest absolute Gasteiger partial charge is 0.277 e. The molecule has 2 rings (SSSR count). The number of hydrogen-bond acceptors (Lipinski definition) is 4. The van der Waals surface area contributed by atoms with Crippen LogP contribution in [0.1, 0.15) is 24.5 Å². The lowest BCUT2D eigenvalue weighted by molar-refractivity contribution is -0.123. The summed E-state index contributed by atoms with van der Waals surface area (Å²) >= 11 is 0. The maximum Gasteiger partial charge on any atom is 0.277 e. The Morgan fingerprint density at radius 3 is 2.54 bits per heavy atom. The van der Waals surface area contributed by atoms with Crippen molar-refractivity contribution in [3.05, 3.63) is 59.7 Å². The van der Waals surface area contributed by atoms with Crippen LogP contribution in [-0.4, -0.2) is 25.3 Å². The van der Waals surface area contributed by atoms with Crippen molar-refractivity contribution in [3.63, 3.8) is 0 Å². The number of rotatable bonds is 8. The number of aryl methyl sites for hydroxylation is 1. The second-order valence-electron chi connectivity index (χ2n) is 5.23. The van der Waals surface area contributed by atoms with Crippen molar-refractivity contribution in [2.75, 3.05) is 13.2 Å². The summed E-state index contributed by atoms with van der Waals surface area (Å²) in [7, 11) is 0. The van der Waals surface area contributed by atoms with Gasteiger partial charge in [0.15, 0.2) is 6.61 Å². The molecule has 0 aromatic heterocycles. The van der Waals surface area contributed by atoms with Gasteiger partial charge in [0, 0.05) is 5.56 Å². The first kappa shape index (κ1) is 17.5. The Hall–Kier alpha value is -2.82. The van der Waals surface area contributed by atoms with Gasteiger partial charge in [0.2, 0.25) is 0 Å². The lowest BCUT2D eigenvalue weighted by atomic mass is 10.2. The molecule has 5 nitrogen and oxygen atoms in total. The van der Waals surface area contributed by atoms with Gasteiger partial charge >= 0.3 is 0 Å². The topological polar surface area (TPSA) is 59.9 Å². The number of carbonyl (C=O) groups is 1. The molecule has 0 heterocycles. The van der Waals surface area contributed by atoms with Gasteiger partial charge in [-0.05, 0) is 37.1 Å². The molecule has 0 saturated carbocycles. The van der Waals surface area contributed by atoms with Crippen molar-refractivity contribution < 1.29 is 14.3 Å². The first-order valence-electron chi connectivity index (χ1n) is 7.93. The highest BCUT2D eigenvalue weighted by Gasteiger charge is 2.04. The predicted octanol–water partition coefficient (Wildman–Crippen LogP) is 3.31. The zero-order valence-electron chi connectivity index (χ0n) is 14.0. The summed E-state index contributed by atoms with van der Waals surface area (Å²) in [4.78, 5) is 11.8. The summed E-state index contributed by atoms with van der Waals surface area (Å²) in [6.45, 7) is 4.53. The van der Waals surface area contributed by atoms with Crippen molar-refractivity contribution in [3.8, 4) is 11.5 Å². The maximum atomic E-state index is 11.8. The Kier molecular flexibility index (Phi) is 6.83. The molecule has 5 heteroatoms. The fourth-order valence-corrected chi connectivity index (χ4v) is 2.00. The lowest BCUT2D eigenvalue weighted by Gasteiger charge is -2.08. The average Bonchev–Trinajstić information content (AvgIpc) is 2.60. The molecule has 1 N–H and O–H groups in total. The van der Waals surface area contributed by atoms with Crippen LogP contribution >= 0.6 is 0 Å².